The van der Waals surface area contributed by atoms with Crippen LogP contribution in [0.25, 0.3) is 16.7 Å². The summed E-state index contributed by atoms with van der Waals surface area (Å²) in [6.07, 6.45) is 12.6. The average Bonchev–Trinajstić information content (AvgIpc) is 1.07. The Balaban J connectivity index is 0.000000200. The van der Waals surface area contributed by atoms with E-state index in [0.29, 0.717) is 39.6 Å². The number of fused-ring (bicyclic) bond motifs is 1. The van der Waals surface area contributed by atoms with Crippen LogP contribution in [0.5, 0.6) is 17.2 Å². The van der Waals surface area contributed by atoms with Gasteiger partial charge in [-0.05, 0) is 127 Å². The van der Waals surface area contributed by atoms with Crippen molar-refractivity contribution in [1.82, 2.24) is 29.9 Å². The number of nitroso groups, excluding NO2 is 1. The number of nitrogens with two attached hydrogens (primary N) is 3. The van der Waals surface area contributed by atoms with Crippen LogP contribution in [0.4, 0.5) is 34.1 Å². The van der Waals surface area contributed by atoms with Gasteiger partial charge in [0.1, 0.15) is 51.0 Å². The molecule has 0 aliphatic heterocycles. The van der Waals surface area contributed by atoms with Crippen molar-refractivity contribution in [3.63, 3.8) is 0 Å². The molecule has 6 aromatic carbocycles. The summed E-state index contributed by atoms with van der Waals surface area (Å²) in [5.74, 6) is 0.307. The summed E-state index contributed by atoms with van der Waals surface area (Å²) >= 11 is 0. The maximum atomic E-state index is 11.6. The molecule has 0 fully saturated rings. The Morgan fingerprint density at radius 1 is 0.360 bits per heavy atom. The molecule has 0 amide bonds. The predicted octanol–water partition coefficient (Wildman–Crippen LogP) is 21.5. The topological polar surface area (TPSA) is 262 Å². The number of azo groups is 1. The first-order valence-electron chi connectivity index (χ1n) is 34.3. The highest BCUT2D eigenvalue weighted by Crippen LogP contribution is 2.50. The molecule has 528 valence electrons. The van der Waals surface area contributed by atoms with Crippen LogP contribution in [0.15, 0.2) is 198 Å². The molecule has 16 nitrogen and oxygen atoms in total. The van der Waals surface area contributed by atoms with E-state index in [-0.39, 0.29) is 55.4 Å². The summed E-state index contributed by atoms with van der Waals surface area (Å²) in [6.45, 7) is 46.2. The quantitative estimate of drug-likeness (QED) is 0.0390. The van der Waals surface area contributed by atoms with Crippen LogP contribution in [-0.4, -0.2) is 45.3 Å². The molecule has 9 N–H and O–H groups in total. The fourth-order valence-electron chi connectivity index (χ4n) is 14.0. The van der Waals surface area contributed by atoms with Crippen LogP contribution < -0.4 is 17.2 Å². The number of phenols is 3. The minimum Gasteiger partial charge on any atom is -0.505 e. The molecule has 100 heavy (non-hydrogen) atoms. The van der Waals surface area contributed by atoms with Crippen LogP contribution in [-0.2, 0) is 32.5 Å². The van der Waals surface area contributed by atoms with Crippen molar-refractivity contribution in [3.05, 3.63) is 238 Å². The molecule has 0 aliphatic rings. The van der Waals surface area contributed by atoms with Crippen molar-refractivity contribution in [3.8, 4) is 22.9 Å². The zero-order valence-corrected chi connectivity index (χ0v) is 62.9. The highest BCUT2D eigenvalue weighted by atomic mass is 16.3. The minimum absolute atomic E-state index is 0.0239. The van der Waals surface area contributed by atoms with Gasteiger partial charge >= 0.3 is 0 Å². The van der Waals surface area contributed by atoms with Gasteiger partial charge < -0.3 is 32.5 Å². The molecule has 0 aliphatic carbocycles. The van der Waals surface area contributed by atoms with Gasteiger partial charge in [-0.2, -0.15) is 0 Å². The number of hydrogen-bond donors (Lipinski definition) is 6. The largest absolute Gasteiger partial charge is 0.505 e. The molecule has 16 heteroatoms. The van der Waals surface area contributed by atoms with E-state index in [4.69, 9.17) is 17.2 Å². The third kappa shape index (κ3) is 19.3. The molecule has 4 aromatic heterocycles. The standard InChI is InChI=1S/C28H34N4O.C28H36N4O.C23H31NO2.C5H7N3/c1-26(2,3)18-27(4,5)20-15-21(28(6,7)19-11-9-8-10-12-19)25(33)24(16-20)32-30-22-13-14-29-17-23(22)31-32;1-26(2,3)18-27(4,5)20-15-21(28(6,7)19-11-9-8-10-12-19)25(33)23(16-20)31-32-24-17-30-14-13-22(24)29;1-21(2,3)15-22(4,5)17-13-18(20(25)19(14-17)24-26)23(6,7)16-11-9-8-10-12-16;6-4-1-2-8-3-5(4)7/h8-17,33H,18H2,1-7H3;8-17,33H,18H2,1-7H3,(H2,29,30);8-14,25H,15H2,1-7H3;1-3H,7H2,(H2,6,8). The van der Waals surface area contributed by atoms with Crippen molar-refractivity contribution in [2.45, 2.75) is 197 Å². The predicted molar refractivity (Wildman–Crippen MR) is 413 cm³/mol. The molecule has 0 atom stereocenters. The van der Waals surface area contributed by atoms with E-state index in [1.54, 1.807) is 54.0 Å². The van der Waals surface area contributed by atoms with Crippen molar-refractivity contribution < 1.29 is 15.3 Å². The summed E-state index contributed by atoms with van der Waals surface area (Å²) in [4.78, 5) is 24.9. The fraction of sp³-hybridized carbons (Fsp3) is 0.393. The first kappa shape index (κ1) is 77.5. The van der Waals surface area contributed by atoms with E-state index in [1.807, 2.05) is 91.0 Å². The molecule has 0 saturated heterocycles. The van der Waals surface area contributed by atoms with Crippen LogP contribution in [0, 0.1) is 21.2 Å². The molecule has 10 rings (SSSR count). The average molecular weight is 1350 g/mol. The highest BCUT2D eigenvalue weighted by Gasteiger charge is 2.37. The zero-order chi connectivity index (χ0) is 74.2. The zero-order valence-electron chi connectivity index (χ0n) is 62.9. The van der Waals surface area contributed by atoms with Crippen LogP contribution in [0.1, 0.15) is 215 Å². The van der Waals surface area contributed by atoms with Crippen molar-refractivity contribution in [1.29, 1.82) is 0 Å². The second-order valence-electron chi connectivity index (χ2n) is 33.6. The Morgan fingerprint density at radius 3 is 1.09 bits per heavy atom. The Labute approximate surface area is 594 Å². The second-order valence-corrected chi connectivity index (χ2v) is 33.6. The van der Waals surface area contributed by atoms with E-state index < -0.39 is 16.2 Å². The van der Waals surface area contributed by atoms with E-state index in [1.165, 1.54) is 6.20 Å². The number of anilines is 3. The first-order valence-corrected chi connectivity index (χ1v) is 34.3. The number of benzene rings is 6. The molecule has 0 radical (unpaired) electrons. The molecule has 0 unspecified atom stereocenters. The van der Waals surface area contributed by atoms with Gasteiger partial charge in [0.25, 0.3) is 0 Å². The lowest BCUT2D eigenvalue weighted by Gasteiger charge is -2.35. The number of nitrogens with zero attached hydrogens (tertiary/aromatic N) is 9. The Morgan fingerprint density at radius 2 is 0.710 bits per heavy atom. The minimum atomic E-state index is -0.446. The molecule has 0 spiro atoms. The van der Waals surface area contributed by atoms with Gasteiger partial charge in [0.15, 0.2) is 0 Å². The van der Waals surface area contributed by atoms with Crippen molar-refractivity contribution >= 4 is 45.2 Å². The first-order chi connectivity index (χ1) is 46.4. The van der Waals surface area contributed by atoms with Gasteiger partial charge in [0.05, 0.1) is 35.7 Å². The van der Waals surface area contributed by atoms with Gasteiger partial charge in [0, 0.05) is 51.5 Å². The smallest absolute Gasteiger partial charge is 0.150 e. The Bertz CT molecular complexity index is 4390. The van der Waals surface area contributed by atoms with Crippen LogP contribution >= 0.6 is 0 Å². The van der Waals surface area contributed by atoms with Gasteiger partial charge in [-0.25, -0.2) is 0 Å². The van der Waals surface area contributed by atoms with Crippen molar-refractivity contribution in [2.24, 2.45) is 31.7 Å². The van der Waals surface area contributed by atoms with E-state index >= 15 is 0 Å². The number of phenolic OH excluding ortho intramolecular Hbond substituents is 3. The highest BCUT2D eigenvalue weighted by molar-refractivity contribution is 5.73. The van der Waals surface area contributed by atoms with E-state index in [0.717, 1.165) is 74.9 Å². The third-order valence-corrected chi connectivity index (χ3v) is 18.5. The van der Waals surface area contributed by atoms with Gasteiger partial charge in [-0.1, -0.05) is 255 Å². The number of aromatic nitrogens is 6. The number of hydrogen-bond acceptors (Lipinski definition) is 15. The molecule has 0 saturated carbocycles. The Kier molecular flexibility index (Phi) is 23.5. The summed E-state index contributed by atoms with van der Waals surface area (Å²) in [6, 6.07) is 47.8. The molecule has 10 aromatic rings. The maximum Gasteiger partial charge on any atom is 0.150 e. The normalized spacial score (nSPS) is 12.6. The second kappa shape index (κ2) is 30.3. The summed E-state index contributed by atoms with van der Waals surface area (Å²) < 4.78 is 0. The van der Waals surface area contributed by atoms with Gasteiger partial charge in [0.2, 0.25) is 0 Å². The lowest BCUT2D eigenvalue weighted by atomic mass is 9.70. The third-order valence-electron chi connectivity index (χ3n) is 18.5. The lowest BCUT2D eigenvalue weighted by molar-refractivity contribution is 0.283. The molecule has 0 bridgehead atoms. The monoisotopic (exact) mass is 1350 g/mol. The number of pyridine rings is 3. The Hall–Kier alpha value is -9.83. The summed E-state index contributed by atoms with van der Waals surface area (Å²) in [5.41, 5.74) is 29.1. The summed E-state index contributed by atoms with van der Waals surface area (Å²) in [5, 5.41) is 54.8. The fourth-order valence-corrected chi connectivity index (χ4v) is 14.0. The summed E-state index contributed by atoms with van der Waals surface area (Å²) in [7, 11) is 0. The van der Waals surface area contributed by atoms with Crippen molar-refractivity contribution in [2.75, 3.05) is 17.2 Å². The molecular weight excluding hydrogens is 1240 g/mol. The number of nitrogen functional groups attached to an aromatic ring is 3. The van der Waals surface area contributed by atoms with Crippen LogP contribution in [0.2, 0.25) is 0 Å². The maximum absolute atomic E-state index is 11.6. The van der Waals surface area contributed by atoms with Gasteiger partial charge in [-0.3, -0.25) is 15.0 Å². The SMILES string of the molecule is CC(C)(C)CC(C)(C)c1cc(-n2nc3ccncc3n2)c(O)c(C(C)(C)c2ccccc2)c1.CC(C)(C)CC(C)(C)c1cc(N=Nc2cnccc2N)c(O)c(C(C)(C)c2ccccc2)c1.CC(C)(C)CC(C)(C)c1cc(N=O)c(O)c(C(C)(C)c2ccccc2)c1.Nc1ccncc1N. The molecular formula is C84H108N12O4. The number of rotatable bonds is 16. The van der Waals surface area contributed by atoms with E-state index in [2.05, 4.69) is 222 Å². The lowest BCUT2D eigenvalue weighted by Crippen LogP contribution is -2.27. The number of aromatic hydroxyl groups is 3. The molecule has 4 heterocycles. The van der Waals surface area contributed by atoms with Gasteiger partial charge in [-0.15, -0.1) is 30.1 Å². The van der Waals surface area contributed by atoms with E-state index in [9.17, 15) is 20.2 Å². The van der Waals surface area contributed by atoms with Crippen LogP contribution in [0.3, 0.4) is 0 Å².